The van der Waals surface area contributed by atoms with Gasteiger partial charge in [-0.05, 0) is 18.2 Å². The molecular weight excluding hydrogens is 286 g/mol. The number of halogens is 4. The molecule has 0 saturated carbocycles. The van der Waals surface area contributed by atoms with Gasteiger partial charge in [-0.15, -0.1) is 0 Å². The average Bonchev–Trinajstić information content (AvgIpc) is 2.56. The molecule has 80 valence electrons. The lowest BCUT2D eigenvalue weighted by molar-refractivity contribution is 1.71. The molecule has 4 heteroatoms. The largest absolute Gasteiger partial charge is 0.0837 e. The fourth-order valence-corrected chi connectivity index (χ4v) is 3.21. The van der Waals surface area contributed by atoms with E-state index in [2.05, 4.69) is 0 Å². The maximum absolute atomic E-state index is 6.15. The molecule has 0 heterocycles. The summed E-state index contributed by atoms with van der Waals surface area (Å²) in [5.41, 5.74) is 1.71. The minimum absolute atomic E-state index is 0.555. The lowest BCUT2D eigenvalue weighted by Gasteiger charge is -2.07. The van der Waals surface area contributed by atoms with Crippen molar-refractivity contribution < 1.29 is 0 Å². The standard InChI is InChI=1S/C12H4Cl4/c13-7-2-1-5-8(14)4-10(16)12-9(15)3-6(7)11(5)12/h1-4H. The fraction of sp³-hybridized carbons (Fsp3) is 0. The molecule has 0 amide bonds. The third-order valence-corrected chi connectivity index (χ3v) is 3.94. The summed E-state index contributed by atoms with van der Waals surface area (Å²) in [5, 5.41) is 4.29. The highest BCUT2D eigenvalue weighted by Crippen LogP contribution is 2.47. The van der Waals surface area contributed by atoms with Crippen LogP contribution >= 0.6 is 46.4 Å². The maximum Gasteiger partial charge on any atom is 0.0514 e. The van der Waals surface area contributed by atoms with Gasteiger partial charge in [0.15, 0.2) is 0 Å². The quantitative estimate of drug-likeness (QED) is 0.571. The molecule has 3 rings (SSSR count). The van der Waals surface area contributed by atoms with Gasteiger partial charge in [-0.1, -0.05) is 52.5 Å². The predicted octanol–water partition coefficient (Wildman–Crippen LogP) is 5.85. The van der Waals surface area contributed by atoms with Gasteiger partial charge in [0.05, 0.1) is 10.1 Å². The van der Waals surface area contributed by atoms with Gasteiger partial charge in [-0.3, -0.25) is 0 Å². The lowest BCUT2D eigenvalue weighted by Crippen LogP contribution is -1.83. The molecule has 0 radical (unpaired) electrons. The van der Waals surface area contributed by atoms with Crippen molar-refractivity contribution in [1.29, 1.82) is 0 Å². The molecule has 0 unspecified atom stereocenters. The Morgan fingerprint density at radius 3 is 2.31 bits per heavy atom. The predicted molar refractivity (Wildman–Crippen MR) is 72.7 cm³/mol. The summed E-state index contributed by atoms with van der Waals surface area (Å²) in [6, 6.07) is 5.40. The normalized spacial score (nSPS) is 13.4. The highest BCUT2D eigenvalue weighted by molar-refractivity contribution is 6.57. The Morgan fingerprint density at radius 1 is 0.812 bits per heavy atom. The van der Waals surface area contributed by atoms with Crippen LogP contribution in [0.25, 0.3) is 21.9 Å². The third kappa shape index (κ3) is 1.31. The Hall–Kier alpha value is -0.400. The summed E-state index contributed by atoms with van der Waals surface area (Å²) < 4.78 is 0. The van der Waals surface area contributed by atoms with Gasteiger partial charge >= 0.3 is 0 Å². The molecule has 0 bridgehead atoms. The second-order valence-corrected chi connectivity index (χ2v) is 5.22. The van der Waals surface area contributed by atoms with E-state index in [1.807, 2.05) is 18.2 Å². The number of hydrogen-bond acceptors (Lipinski definition) is 0. The zero-order valence-electron chi connectivity index (χ0n) is 7.82. The summed E-state index contributed by atoms with van der Waals surface area (Å²) in [7, 11) is 0. The van der Waals surface area contributed by atoms with Gasteiger partial charge in [0.2, 0.25) is 0 Å². The van der Waals surface area contributed by atoms with Crippen LogP contribution in [0, 0.1) is 0 Å². The molecule has 0 fully saturated rings. The van der Waals surface area contributed by atoms with Gasteiger partial charge in [-0.25, -0.2) is 0 Å². The Morgan fingerprint density at radius 2 is 1.56 bits per heavy atom. The van der Waals surface area contributed by atoms with Gasteiger partial charge in [0.1, 0.15) is 0 Å². The fourth-order valence-electron chi connectivity index (χ4n) is 2.02. The molecule has 0 N–H and O–H groups in total. The first-order valence-corrected chi connectivity index (χ1v) is 6.08. The smallest absolute Gasteiger partial charge is 0.0514 e. The van der Waals surface area contributed by atoms with Crippen LogP contribution in [0.4, 0.5) is 0 Å². The molecule has 0 spiro atoms. The first kappa shape index (κ1) is 10.7. The second-order valence-electron chi connectivity index (χ2n) is 3.59. The summed E-state index contributed by atoms with van der Waals surface area (Å²) in [6.07, 6.45) is 1.82. The highest BCUT2D eigenvalue weighted by atomic mass is 35.5. The zero-order chi connectivity index (χ0) is 11.4. The van der Waals surface area contributed by atoms with Crippen LogP contribution in [0.1, 0.15) is 11.1 Å². The lowest BCUT2D eigenvalue weighted by atomic mass is 10.0. The molecule has 2 aromatic carbocycles. The van der Waals surface area contributed by atoms with E-state index in [0.29, 0.717) is 20.1 Å². The Kier molecular flexibility index (Phi) is 2.38. The minimum atomic E-state index is 0.555. The van der Waals surface area contributed by atoms with E-state index >= 15 is 0 Å². The molecule has 1 aliphatic rings. The van der Waals surface area contributed by atoms with Crippen LogP contribution in [0.5, 0.6) is 0 Å². The summed E-state index contributed by atoms with van der Waals surface area (Å²) in [6.45, 7) is 0. The van der Waals surface area contributed by atoms with E-state index in [1.165, 1.54) is 0 Å². The molecular formula is C12H4Cl4. The first-order chi connectivity index (χ1) is 7.59. The van der Waals surface area contributed by atoms with Crippen molar-refractivity contribution in [3.63, 3.8) is 0 Å². The van der Waals surface area contributed by atoms with E-state index in [1.54, 1.807) is 6.07 Å². The SMILES string of the molecule is ClC1=Cc2c(Cl)ccc3c(Cl)cc(Cl)c1c23. The summed E-state index contributed by atoms with van der Waals surface area (Å²) in [4.78, 5) is 0. The molecule has 16 heavy (non-hydrogen) atoms. The van der Waals surface area contributed by atoms with E-state index in [-0.39, 0.29) is 0 Å². The van der Waals surface area contributed by atoms with Crippen LogP contribution in [-0.4, -0.2) is 0 Å². The number of hydrogen-bond donors (Lipinski definition) is 0. The van der Waals surface area contributed by atoms with Crippen molar-refractivity contribution in [1.82, 2.24) is 0 Å². The van der Waals surface area contributed by atoms with E-state index in [9.17, 15) is 0 Å². The first-order valence-electron chi connectivity index (χ1n) is 4.57. The van der Waals surface area contributed by atoms with Crippen molar-refractivity contribution in [2.45, 2.75) is 0 Å². The van der Waals surface area contributed by atoms with Crippen LogP contribution in [0.15, 0.2) is 18.2 Å². The number of rotatable bonds is 0. The van der Waals surface area contributed by atoms with E-state index in [0.717, 1.165) is 21.9 Å². The monoisotopic (exact) mass is 288 g/mol. The minimum Gasteiger partial charge on any atom is -0.0837 e. The maximum atomic E-state index is 6.15. The molecule has 0 saturated heterocycles. The average molecular weight is 290 g/mol. The van der Waals surface area contributed by atoms with Crippen LogP contribution < -0.4 is 0 Å². The molecule has 2 aromatic rings. The van der Waals surface area contributed by atoms with Gasteiger partial charge in [0.25, 0.3) is 0 Å². The topological polar surface area (TPSA) is 0 Å². The van der Waals surface area contributed by atoms with Gasteiger partial charge in [0, 0.05) is 31.9 Å². The van der Waals surface area contributed by atoms with Crippen LogP contribution in [0.2, 0.25) is 15.1 Å². The highest BCUT2D eigenvalue weighted by Gasteiger charge is 2.22. The Labute approximate surface area is 112 Å². The van der Waals surface area contributed by atoms with Crippen molar-refractivity contribution >= 4 is 68.3 Å². The van der Waals surface area contributed by atoms with Crippen molar-refractivity contribution in [3.05, 3.63) is 44.4 Å². The van der Waals surface area contributed by atoms with Gasteiger partial charge < -0.3 is 0 Å². The molecule has 0 aliphatic heterocycles. The molecule has 0 aromatic heterocycles. The van der Waals surface area contributed by atoms with Crippen molar-refractivity contribution in [2.24, 2.45) is 0 Å². The second kappa shape index (κ2) is 3.54. The Balaban J connectivity index is 2.62. The molecule has 0 atom stereocenters. The Bertz CT molecular complexity index is 656. The third-order valence-electron chi connectivity index (χ3n) is 2.70. The van der Waals surface area contributed by atoms with Crippen LogP contribution in [-0.2, 0) is 0 Å². The van der Waals surface area contributed by atoms with Crippen molar-refractivity contribution in [2.75, 3.05) is 0 Å². The summed E-state index contributed by atoms with van der Waals surface area (Å²) in [5.74, 6) is 0. The molecule has 1 aliphatic carbocycles. The van der Waals surface area contributed by atoms with Crippen molar-refractivity contribution in [3.8, 4) is 0 Å². The molecule has 0 nitrogen and oxygen atoms in total. The van der Waals surface area contributed by atoms with Gasteiger partial charge in [-0.2, -0.15) is 0 Å². The summed E-state index contributed by atoms with van der Waals surface area (Å²) >= 11 is 24.5. The number of benzene rings is 2. The van der Waals surface area contributed by atoms with E-state index < -0.39 is 0 Å². The zero-order valence-corrected chi connectivity index (χ0v) is 10.8. The van der Waals surface area contributed by atoms with E-state index in [4.69, 9.17) is 46.4 Å². The van der Waals surface area contributed by atoms with Crippen LogP contribution in [0.3, 0.4) is 0 Å².